The number of nitrogens with zero attached hydrogens (tertiary/aromatic N) is 2. The Labute approximate surface area is 133 Å². The lowest BCUT2D eigenvalue weighted by atomic mass is 10.2. The van der Waals surface area contributed by atoms with E-state index in [-0.39, 0.29) is 24.8 Å². The molecule has 2 amide bonds. The number of aliphatic imine (C=N–C) groups is 1. The molecule has 0 unspecified atom stereocenters. The fourth-order valence-corrected chi connectivity index (χ4v) is 2.11. The van der Waals surface area contributed by atoms with E-state index in [4.69, 9.17) is 4.42 Å². The number of hydrogen-bond donors (Lipinski definition) is 2. The molecule has 3 rings (SSSR count). The number of aryl methyl sites for hydroxylation is 1. The third-order valence-electron chi connectivity index (χ3n) is 3.35. The summed E-state index contributed by atoms with van der Waals surface area (Å²) in [5.74, 6) is 0.111. The highest BCUT2D eigenvalue weighted by Crippen LogP contribution is 2.15. The van der Waals surface area contributed by atoms with Gasteiger partial charge in [-0.25, -0.2) is 5.01 Å². The normalized spacial score (nSPS) is 14.2. The maximum absolute atomic E-state index is 12.1. The lowest BCUT2D eigenvalue weighted by Crippen LogP contribution is -2.55. The molecule has 0 saturated heterocycles. The Kier molecular flexibility index (Phi) is 4.09. The van der Waals surface area contributed by atoms with Gasteiger partial charge in [-0.15, -0.1) is 0 Å². The van der Waals surface area contributed by atoms with Crippen molar-refractivity contribution in [2.45, 2.75) is 13.5 Å². The van der Waals surface area contributed by atoms with Crippen LogP contribution in [0.1, 0.15) is 11.3 Å². The quantitative estimate of drug-likeness (QED) is 0.887. The van der Waals surface area contributed by atoms with Gasteiger partial charge >= 0.3 is 0 Å². The summed E-state index contributed by atoms with van der Waals surface area (Å²) >= 11 is 0. The maximum Gasteiger partial charge on any atom is 0.288 e. The fraction of sp³-hybridized carbons (Fsp3) is 0.188. The van der Waals surface area contributed by atoms with Crippen LogP contribution >= 0.6 is 0 Å². The highest BCUT2D eigenvalue weighted by molar-refractivity contribution is 6.39. The minimum Gasteiger partial charge on any atom is -0.467 e. The SMILES string of the molecule is Cc1ccc(N2NC(C(=O)NCc3ccco3)=NCC2=O)cc1. The molecule has 0 fully saturated rings. The van der Waals surface area contributed by atoms with Gasteiger partial charge in [-0.1, -0.05) is 17.7 Å². The molecule has 0 aliphatic carbocycles. The van der Waals surface area contributed by atoms with Crippen molar-refractivity contribution in [3.63, 3.8) is 0 Å². The zero-order valence-electron chi connectivity index (χ0n) is 12.6. The van der Waals surface area contributed by atoms with Crippen LogP contribution in [-0.4, -0.2) is 24.2 Å². The Morgan fingerprint density at radius 1 is 1.35 bits per heavy atom. The van der Waals surface area contributed by atoms with E-state index in [2.05, 4.69) is 15.7 Å². The predicted molar refractivity (Wildman–Crippen MR) is 84.7 cm³/mol. The van der Waals surface area contributed by atoms with Crippen LogP contribution in [0, 0.1) is 6.92 Å². The van der Waals surface area contributed by atoms with Crippen LogP contribution in [0.25, 0.3) is 0 Å². The lowest BCUT2D eigenvalue weighted by Gasteiger charge is -2.27. The summed E-state index contributed by atoms with van der Waals surface area (Å²) in [4.78, 5) is 28.1. The lowest BCUT2D eigenvalue weighted by molar-refractivity contribution is -0.118. The van der Waals surface area contributed by atoms with Crippen molar-refractivity contribution in [2.24, 2.45) is 4.99 Å². The van der Waals surface area contributed by atoms with E-state index < -0.39 is 5.91 Å². The summed E-state index contributed by atoms with van der Waals surface area (Å²) in [6, 6.07) is 10.9. The van der Waals surface area contributed by atoms with Crippen molar-refractivity contribution >= 4 is 23.3 Å². The molecule has 0 saturated carbocycles. The molecule has 1 aliphatic heterocycles. The number of anilines is 1. The average Bonchev–Trinajstić information content (AvgIpc) is 3.07. The zero-order chi connectivity index (χ0) is 16.2. The molecular formula is C16H16N4O3. The molecule has 2 aromatic rings. The molecular weight excluding hydrogens is 296 g/mol. The molecule has 7 nitrogen and oxygen atoms in total. The van der Waals surface area contributed by atoms with Gasteiger partial charge < -0.3 is 9.73 Å². The molecule has 23 heavy (non-hydrogen) atoms. The first-order chi connectivity index (χ1) is 11.1. The van der Waals surface area contributed by atoms with Crippen molar-refractivity contribution in [2.75, 3.05) is 11.6 Å². The molecule has 2 heterocycles. The minimum atomic E-state index is -0.397. The number of amides is 2. The molecule has 118 valence electrons. The molecule has 0 atom stereocenters. The largest absolute Gasteiger partial charge is 0.467 e. The van der Waals surface area contributed by atoms with Crippen molar-refractivity contribution in [1.82, 2.24) is 10.7 Å². The molecule has 7 heteroatoms. The average molecular weight is 312 g/mol. The van der Waals surface area contributed by atoms with Crippen LogP contribution in [-0.2, 0) is 16.1 Å². The van der Waals surface area contributed by atoms with E-state index in [1.807, 2.05) is 31.2 Å². The first-order valence-electron chi connectivity index (χ1n) is 7.15. The molecule has 1 aliphatic rings. The van der Waals surface area contributed by atoms with Gasteiger partial charge in [0.15, 0.2) is 0 Å². The van der Waals surface area contributed by atoms with Gasteiger partial charge in [-0.3, -0.25) is 20.0 Å². The number of furan rings is 1. The van der Waals surface area contributed by atoms with Gasteiger partial charge in [-0.05, 0) is 31.2 Å². The van der Waals surface area contributed by atoms with Gasteiger partial charge in [0.1, 0.15) is 12.3 Å². The summed E-state index contributed by atoms with van der Waals surface area (Å²) < 4.78 is 5.15. The molecule has 0 bridgehead atoms. The maximum atomic E-state index is 12.1. The van der Waals surface area contributed by atoms with Gasteiger partial charge in [0.05, 0.1) is 18.5 Å². The number of carbonyl (C=O) groups is 2. The number of carbonyl (C=O) groups excluding carboxylic acids is 2. The fourth-order valence-electron chi connectivity index (χ4n) is 2.11. The van der Waals surface area contributed by atoms with E-state index in [1.54, 1.807) is 12.1 Å². The Hall–Kier alpha value is -3.09. The van der Waals surface area contributed by atoms with Crippen LogP contribution < -0.4 is 15.8 Å². The van der Waals surface area contributed by atoms with Crippen molar-refractivity contribution in [3.8, 4) is 0 Å². The Morgan fingerprint density at radius 2 is 2.13 bits per heavy atom. The van der Waals surface area contributed by atoms with Crippen LogP contribution in [0.4, 0.5) is 5.69 Å². The van der Waals surface area contributed by atoms with Crippen molar-refractivity contribution < 1.29 is 14.0 Å². The van der Waals surface area contributed by atoms with Crippen molar-refractivity contribution in [1.29, 1.82) is 0 Å². The second-order valence-corrected chi connectivity index (χ2v) is 5.10. The molecule has 1 aromatic carbocycles. The Balaban J connectivity index is 1.67. The van der Waals surface area contributed by atoms with E-state index >= 15 is 0 Å². The highest BCUT2D eigenvalue weighted by Gasteiger charge is 2.25. The summed E-state index contributed by atoms with van der Waals surface area (Å²) in [6.07, 6.45) is 1.54. The van der Waals surface area contributed by atoms with Crippen LogP contribution in [0.15, 0.2) is 52.1 Å². The number of nitrogens with one attached hydrogen (secondary N) is 2. The third-order valence-corrected chi connectivity index (χ3v) is 3.35. The van der Waals surface area contributed by atoms with Gasteiger partial charge in [0, 0.05) is 0 Å². The van der Waals surface area contributed by atoms with Gasteiger partial charge in [0.2, 0.25) is 5.84 Å². The Bertz CT molecular complexity index is 735. The summed E-state index contributed by atoms with van der Waals surface area (Å²) in [5.41, 5.74) is 4.51. The third kappa shape index (κ3) is 3.39. The minimum absolute atomic E-state index is 0.0790. The number of hydrazine groups is 1. The van der Waals surface area contributed by atoms with Crippen molar-refractivity contribution in [3.05, 3.63) is 54.0 Å². The highest BCUT2D eigenvalue weighted by atomic mass is 16.3. The molecule has 2 N–H and O–H groups in total. The second-order valence-electron chi connectivity index (χ2n) is 5.10. The number of rotatable bonds is 4. The number of hydrogen-bond acceptors (Lipinski definition) is 5. The number of amidine groups is 1. The topological polar surface area (TPSA) is 86.9 Å². The van der Waals surface area contributed by atoms with Crippen LogP contribution in [0.3, 0.4) is 0 Å². The summed E-state index contributed by atoms with van der Waals surface area (Å²) in [7, 11) is 0. The standard InChI is InChI=1S/C16H16N4O3/c1-11-4-6-12(7-5-11)20-14(21)10-17-15(19-20)16(22)18-9-13-3-2-8-23-13/h2-8H,9-10H2,1H3,(H,17,19)(H,18,22). The van der Waals surface area contributed by atoms with Crippen LogP contribution in [0.5, 0.6) is 0 Å². The van der Waals surface area contributed by atoms with E-state index in [0.717, 1.165) is 5.56 Å². The first-order valence-corrected chi connectivity index (χ1v) is 7.15. The second kappa shape index (κ2) is 6.35. The van der Waals surface area contributed by atoms with Crippen LogP contribution in [0.2, 0.25) is 0 Å². The Morgan fingerprint density at radius 3 is 2.83 bits per heavy atom. The van der Waals surface area contributed by atoms with Gasteiger partial charge in [-0.2, -0.15) is 0 Å². The predicted octanol–water partition coefficient (Wildman–Crippen LogP) is 1.15. The summed E-state index contributed by atoms with van der Waals surface area (Å²) in [6.45, 7) is 2.14. The molecule has 0 spiro atoms. The van der Waals surface area contributed by atoms with E-state index in [9.17, 15) is 9.59 Å². The smallest absolute Gasteiger partial charge is 0.288 e. The molecule has 1 aromatic heterocycles. The van der Waals surface area contributed by atoms with Gasteiger partial charge in [0.25, 0.3) is 11.8 Å². The zero-order valence-corrected chi connectivity index (χ0v) is 12.6. The molecule has 0 radical (unpaired) electrons. The first kappa shape index (κ1) is 14.8. The van der Waals surface area contributed by atoms with E-state index in [0.29, 0.717) is 11.4 Å². The summed E-state index contributed by atoms with van der Waals surface area (Å²) in [5, 5.41) is 4.01. The number of benzene rings is 1. The van der Waals surface area contributed by atoms with E-state index in [1.165, 1.54) is 11.3 Å². The monoisotopic (exact) mass is 312 g/mol.